The summed E-state index contributed by atoms with van der Waals surface area (Å²) in [6.45, 7) is 4.70. The summed E-state index contributed by atoms with van der Waals surface area (Å²) in [6, 6.07) is 46.9. The summed E-state index contributed by atoms with van der Waals surface area (Å²) in [7, 11) is 0. The fraction of sp³-hybridized carbons (Fsp3) is 0.0667. The SMILES string of the molecule is CC1(C)c2ccc3ccccc3c2-c2c1ccc1c2c2ccccc2n1-c1cnc(-c2cc(-c3ccccc3)nc(-c3ccccn3)c2)cn1. The molecule has 4 heterocycles. The van der Waals surface area contributed by atoms with Gasteiger partial charge in [-0.05, 0) is 69.4 Å². The Kier molecular flexibility index (Phi) is 6.15. The lowest BCUT2D eigenvalue weighted by molar-refractivity contribution is 0.661. The standard InChI is InChI=1S/C45H31N5/c1-45(2)33-20-19-28-12-6-7-15-31(28)42(33)44-34(45)21-22-40-43(44)32-16-8-9-18-39(32)50(40)41-27-47-38(26-48-41)30-24-36(29-13-4-3-5-14-29)49-37(25-30)35-17-10-11-23-46-35/h3-27H,1-2H3. The quantitative estimate of drug-likeness (QED) is 0.192. The number of pyridine rings is 2. The van der Waals surface area contributed by atoms with Crippen LogP contribution in [0.2, 0.25) is 0 Å². The second-order valence-electron chi connectivity index (χ2n) is 13.5. The highest BCUT2D eigenvalue weighted by atomic mass is 15.1. The molecule has 5 aromatic carbocycles. The Bertz CT molecular complexity index is 2710. The third-order valence-electron chi connectivity index (χ3n) is 10.3. The molecule has 0 atom stereocenters. The molecule has 50 heavy (non-hydrogen) atoms. The normalized spacial score (nSPS) is 13.2. The summed E-state index contributed by atoms with van der Waals surface area (Å²) in [5.74, 6) is 0.776. The van der Waals surface area contributed by atoms with Crippen molar-refractivity contribution in [3.05, 3.63) is 163 Å². The molecule has 0 fully saturated rings. The van der Waals surface area contributed by atoms with Crippen LogP contribution in [-0.4, -0.2) is 24.5 Å². The van der Waals surface area contributed by atoms with Gasteiger partial charge in [0.1, 0.15) is 0 Å². The number of aromatic nitrogens is 5. The van der Waals surface area contributed by atoms with Gasteiger partial charge in [-0.15, -0.1) is 0 Å². The zero-order chi connectivity index (χ0) is 33.4. The van der Waals surface area contributed by atoms with Crippen molar-refractivity contribution < 1.29 is 0 Å². The minimum Gasteiger partial charge on any atom is -0.292 e. The van der Waals surface area contributed by atoms with Crippen molar-refractivity contribution in [3.63, 3.8) is 0 Å². The first-order valence-corrected chi connectivity index (χ1v) is 17.0. The van der Waals surface area contributed by atoms with Crippen molar-refractivity contribution in [3.8, 4) is 50.8 Å². The molecule has 5 nitrogen and oxygen atoms in total. The molecule has 0 N–H and O–H groups in total. The van der Waals surface area contributed by atoms with Crippen LogP contribution < -0.4 is 0 Å². The van der Waals surface area contributed by atoms with E-state index in [0.29, 0.717) is 0 Å². The first-order chi connectivity index (χ1) is 24.6. The van der Waals surface area contributed by atoms with E-state index in [2.05, 4.69) is 114 Å². The number of fused-ring (bicyclic) bond motifs is 9. The molecule has 10 rings (SSSR count). The van der Waals surface area contributed by atoms with E-state index in [9.17, 15) is 0 Å². The molecule has 0 bridgehead atoms. The number of nitrogens with zero attached hydrogens (tertiary/aromatic N) is 5. The Labute approximate surface area is 289 Å². The minimum absolute atomic E-state index is 0.120. The van der Waals surface area contributed by atoms with Crippen LogP contribution in [0.3, 0.4) is 0 Å². The average Bonchev–Trinajstić information content (AvgIpc) is 3.64. The van der Waals surface area contributed by atoms with E-state index in [1.807, 2.05) is 54.9 Å². The van der Waals surface area contributed by atoms with Gasteiger partial charge >= 0.3 is 0 Å². The summed E-state index contributed by atoms with van der Waals surface area (Å²) in [6.07, 6.45) is 5.57. The van der Waals surface area contributed by atoms with Crippen molar-refractivity contribution in [2.24, 2.45) is 0 Å². The van der Waals surface area contributed by atoms with Crippen LogP contribution in [0.1, 0.15) is 25.0 Å². The Morgan fingerprint density at radius 3 is 2.06 bits per heavy atom. The van der Waals surface area contributed by atoms with E-state index in [4.69, 9.17) is 15.0 Å². The number of hydrogen-bond donors (Lipinski definition) is 0. The van der Waals surface area contributed by atoms with Gasteiger partial charge in [0.2, 0.25) is 0 Å². The maximum atomic E-state index is 5.08. The van der Waals surface area contributed by atoms with Crippen LogP contribution >= 0.6 is 0 Å². The van der Waals surface area contributed by atoms with Crippen LogP contribution in [0.15, 0.2) is 152 Å². The van der Waals surface area contributed by atoms with Crippen LogP contribution in [0.25, 0.3) is 83.4 Å². The molecule has 5 heteroatoms. The summed E-state index contributed by atoms with van der Waals surface area (Å²) < 4.78 is 2.26. The zero-order valence-electron chi connectivity index (χ0n) is 27.7. The molecule has 1 aliphatic rings. The zero-order valence-corrected chi connectivity index (χ0v) is 27.7. The molecule has 0 saturated carbocycles. The lowest BCUT2D eigenvalue weighted by atomic mass is 9.82. The molecule has 1 aliphatic carbocycles. The van der Waals surface area contributed by atoms with Crippen LogP contribution in [-0.2, 0) is 5.41 Å². The van der Waals surface area contributed by atoms with Crippen LogP contribution in [0, 0.1) is 0 Å². The third kappa shape index (κ3) is 4.20. The maximum Gasteiger partial charge on any atom is 0.156 e. The van der Waals surface area contributed by atoms with Gasteiger partial charge in [-0.2, -0.15) is 0 Å². The van der Waals surface area contributed by atoms with Crippen molar-refractivity contribution in [2.45, 2.75) is 19.3 Å². The molecule has 0 radical (unpaired) electrons. The Balaban J connectivity index is 1.16. The van der Waals surface area contributed by atoms with Gasteiger partial charge in [0.25, 0.3) is 0 Å². The van der Waals surface area contributed by atoms with Gasteiger partial charge in [-0.25, -0.2) is 9.97 Å². The first kappa shape index (κ1) is 28.5. The fourth-order valence-corrected chi connectivity index (χ4v) is 7.96. The van der Waals surface area contributed by atoms with Gasteiger partial charge in [-0.3, -0.25) is 14.5 Å². The number of para-hydroxylation sites is 1. The molecule has 0 amide bonds. The average molecular weight is 642 g/mol. The Morgan fingerprint density at radius 2 is 1.24 bits per heavy atom. The summed E-state index contributed by atoms with van der Waals surface area (Å²) >= 11 is 0. The Hall–Kier alpha value is -6.46. The number of benzene rings is 5. The topological polar surface area (TPSA) is 56.5 Å². The van der Waals surface area contributed by atoms with E-state index < -0.39 is 0 Å². The van der Waals surface area contributed by atoms with E-state index in [1.54, 1.807) is 6.20 Å². The smallest absolute Gasteiger partial charge is 0.156 e. The number of hydrogen-bond acceptors (Lipinski definition) is 4. The minimum atomic E-state index is -0.120. The van der Waals surface area contributed by atoms with E-state index >= 15 is 0 Å². The second kappa shape index (κ2) is 10.8. The van der Waals surface area contributed by atoms with E-state index in [0.717, 1.165) is 50.8 Å². The highest BCUT2D eigenvalue weighted by Crippen LogP contribution is 2.55. The Morgan fingerprint density at radius 1 is 0.500 bits per heavy atom. The summed E-state index contributed by atoms with van der Waals surface area (Å²) in [5.41, 5.74) is 12.7. The molecular formula is C45H31N5. The predicted octanol–water partition coefficient (Wildman–Crippen LogP) is 10.8. The number of rotatable bonds is 4. The highest BCUT2D eigenvalue weighted by molar-refractivity contribution is 6.20. The summed E-state index contributed by atoms with van der Waals surface area (Å²) in [4.78, 5) is 19.7. The van der Waals surface area contributed by atoms with E-state index in [-0.39, 0.29) is 5.41 Å². The maximum absolute atomic E-state index is 5.08. The van der Waals surface area contributed by atoms with Crippen molar-refractivity contribution in [1.82, 2.24) is 24.5 Å². The van der Waals surface area contributed by atoms with Gasteiger partial charge < -0.3 is 0 Å². The molecule has 0 spiro atoms. The van der Waals surface area contributed by atoms with Crippen molar-refractivity contribution in [2.75, 3.05) is 0 Å². The monoisotopic (exact) mass is 641 g/mol. The van der Waals surface area contributed by atoms with Gasteiger partial charge in [0.15, 0.2) is 5.82 Å². The molecule has 9 aromatic rings. The molecule has 0 unspecified atom stereocenters. The van der Waals surface area contributed by atoms with Crippen LogP contribution in [0.4, 0.5) is 0 Å². The lowest BCUT2D eigenvalue weighted by Gasteiger charge is -2.21. The molecular weight excluding hydrogens is 611 g/mol. The van der Waals surface area contributed by atoms with Crippen LogP contribution in [0.5, 0.6) is 0 Å². The molecule has 0 aliphatic heterocycles. The fourth-order valence-electron chi connectivity index (χ4n) is 7.96. The van der Waals surface area contributed by atoms with Gasteiger partial charge in [-0.1, -0.05) is 111 Å². The van der Waals surface area contributed by atoms with Crippen molar-refractivity contribution in [1.29, 1.82) is 0 Å². The van der Waals surface area contributed by atoms with Gasteiger partial charge in [0, 0.05) is 33.5 Å². The highest BCUT2D eigenvalue weighted by Gasteiger charge is 2.38. The largest absolute Gasteiger partial charge is 0.292 e. The third-order valence-corrected chi connectivity index (χ3v) is 10.3. The lowest BCUT2D eigenvalue weighted by Crippen LogP contribution is -2.14. The van der Waals surface area contributed by atoms with Gasteiger partial charge in [0.05, 0.1) is 46.2 Å². The predicted molar refractivity (Wildman–Crippen MR) is 203 cm³/mol. The summed E-state index contributed by atoms with van der Waals surface area (Å²) in [5, 5.41) is 5.02. The molecule has 4 aromatic heterocycles. The second-order valence-corrected chi connectivity index (χ2v) is 13.5. The van der Waals surface area contributed by atoms with Crippen molar-refractivity contribution >= 4 is 32.6 Å². The van der Waals surface area contributed by atoms with E-state index in [1.165, 1.54) is 43.8 Å². The molecule has 236 valence electrons. The first-order valence-electron chi connectivity index (χ1n) is 17.0. The molecule has 0 saturated heterocycles.